The molecule has 0 radical (unpaired) electrons. The molecular weight excluding hydrogens is 459 g/mol. The van der Waals surface area contributed by atoms with E-state index in [1.54, 1.807) is 11.3 Å². The zero-order valence-corrected chi connectivity index (χ0v) is 19.1. The molecule has 1 atom stereocenters. The standard InChI is InChI=1S/C19H32N4OS.HI/c1-3-20-19(23-13-15(2)17-8-11-25-14-17)22-10-9-21-18(24)12-16-6-4-5-7-16;/h8,11,14-16H,3-7,9-10,12-13H2,1-2H3,(H,21,24)(H2,20,22,23);1H. The van der Waals surface area contributed by atoms with Crippen LogP contribution in [0, 0.1) is 5.92 Å². The largest absolute Gasteiger partial charge is 0.357 e. The molecule has 1 amide bonds. The van der Waals surface area contributed by atoms with Gasteiger partial charge in [0.15, 0.2) is 5.96 Å². The molecule has 1 fully saturated rings. The van der Waals surface area contributed by atoms with E-state index < -0.39 is 0 Å². The lowest BCUT2D eigenvalue weighted by atomic mass is 10.0. The fourth-order valence-corrected chi connectivity index (χ4v) is 3.94. The Morgan fingerprint density at radius 3 is 2.65 bits per heavy atom. The second-order valence-corrected chi connectivity index (χ2v) is 7.59. The molecule has 1 aliphatic rings. The Bertz CT molecular complexity index is 530. The van der Waals surface area contributed by atoms with Crippen LogP contribution in [0.3, 0.4) is 0 Å². The lowest BCUT2D eigenvalue weighted by Crippen LogP contribution is -2.41. The first-order valence-corrected chi connectivity index (χ1v) is 10.4. The highest BCUT2D eigenvalue weighted by Gasteiger charge is 2.17. The van der Waals surface area contributed by atoms with E-state index >= 15 is 0 Å². The molecule has 1 unspecified atom stereocenters. The zero-order chi connectivity index (χ0) is 17.9. The van der Waals surface area contributed by atoms with Gasteiger partial charge in [-0.3, -0.25) is 9.79 Å². The fourth-order valence-electron chi connectivity index (χ4n) is 3.16. The van der Waals surface area contributed by atoms with Crippen molar-refractivity contribution < 1.29 is 4.79 Å². The minimum absolute atomic E-state index is 0. The normalized spacial score (nSPS) is 16.0. The number of nitrogens with one attached hydrogen (secondary N) is 3. The summed E-state index contributed by atoms with van der Waals surface area (Å²) in [7, 11) is 0. The van der Waals surface area contributed by atoms with Gasteiger partial charge in [-0.25, -0.2) is 0 Å². The van der Waals surface area contributed by atoms with Crippen molar-refractivity contribution in [2.75, 3.05) is 26.2 Å². The van der Waals surface area contributed by atoms with Crippen molar-refractivity contribution >= 4 is 47.2 Å². The van der Waals surface area contributed by atoms with E-state index in [1.807, 2.05) is 0 Å². The van der Waals surface area contributed by atoms with Gasteiger partial charge < -0.3 is 16.0 Å². The fraction of sp³-hybridized carbons (Fsp3) is 0.684. The number of rotatable bonds is 9. The van der Waals surface area contributed by atoms with Crippen LogP contribution in [0.5, 0.6) is 0 Å². The number of halogens is 1. The van der Waals surface area contributed by atoms with Gasteiger partial charge in [0.2, 0.25) is 5.91 Å². The summed E-state index contributed by atoms with van der Waals surface area (Å²) < 4.78 is 0. The summed E-state index contributed by atoms with van der Waals surface area (Å²) in [5.74, 6) is 2.01. The Morgan fingerprint density at radius 2 is 2.00 bits per heavy atom. The third-order valence-electron chi connectivity index (χ3n) is 4.67. The molecule has 1 aliphatic carbocycles. The summed E-state index contributed by atoms with van der Waals surface area (Å²) in [6, 6.07) is 2.16. The zero-order valence-electron chi connectivity index (χ0n) is 15.9. The van der Waals surface area contributed by atoms with Crippen LogP contribution < -0.4 is 16.0 Å². The number of thiophene rings is 1. The van der Waals surface area contributed by atoms with Gasteiger partial charge in [-0.1, -0.05) is 19.8 Å². The molecule has 0 bridgehead atoms. The molecule has 1 aromatic rings. The van der Waals surface area contributed by atoms with E-state index in [1.165, 1.54) is 31.2 Å². The highest BCUT2D eigenvalue weighted by atomic mass is 127. The maximum absolute atomic E-state index is 11.9. The van der Waals surface area contributed by atoms with Crippen molar-refractivity contribution in [3.8, 4) is 0 Å². The smallest absolute Gasteiger partial charge is 0.220 e. The Morgan fingerprint density at radius 1 is 1.27 bits per heavy atom. The molecule has 26 heavy (non-hydrogen) atoms. The monoisotopic (exact) mass is 492 g/mol. The SMILES string of the molecule is CCNC(=NCC(C)c1ccsc1)NCCNC(=O)CC1CCCC1.I. The first-order chi connectivity index (χ1) is 12.2. The van der Waals surface area contributed by atoms with Gasteiger partial charge >= 0.3 is 0 Å². The van der Waals surface area contributed by atoms with Gasteiger partial charge in [-0.15, -0.1) is 24.0 Å². The summed E-state index contributed by atoms with van der Waals surface area (Å²) >= 11 is 1.72. The van der Waals surface area contributed by atoms with E-state index in [0.29, 0.717) is 31.3 Å². The number of aliphatic imine (C=N–C) groups is 1. The third kappa shape index (κ3) is 8.70. The average Bonchev–Trinajstić information content (AvgIpc) is 3.29. The summed E-state index contributed by atoms with van der Waals surface area (Å²) in [6.45, 7) is 7.15. The second-order valence-electron chi connectivity index (χ2n) is 6.81. The van der Waals surface area contributed by atoms with Crippen molar-refractivity contribution in [2.45, 2.75) is 51.9 Å². The van der Waals surface area contributed by atoms with Crippen molar-refractivity contribution in [3.05, 3.63) is 22.4 Å². The lowest BCUT2D eigenvalue weighted by Gasteiger charge is -2.14. The molecule has 3 N–H and O–H groups in total. The maximum Gasteiger partial charge on any atom is 0.220 e. The van der Waals surface area contributed by atoms with Crippen LogP contribution in [0.15, 0.2) is 21.8 Å². The highest BCUT2D eigenvalue weighted by molar-refractivity contribution is 14.0. The number of hydrogen-bond acceptors (Lipinski definition) is 3. The molecule has 0 saturated heterocycles. The molecule has 0 aromatic carbocycles. The predicted octanol–water partition coefficient (Wildman–Crippen LogP) is 3.72. The number of amides is 1. The van der Waals surface area contributed by atoms with E-state index in [0.717, 1.165) is 19.0 Å². The molecule has 0 aliphatic heterocycles. The van der Waals surface area contributed by atoms with E-state index in [-0.39, 0.29) is 29.9 Å². The van der Waals surface area contributed by atoms with E-state index in [4.69, 9.17) is 0 Å². The summed E-state index contributed by atoms with van der Waals surface area (Å²) in [6.07, 6.45) is 5.68. The number of hydrogen-bond donors (Lipinski definition) is 3. The summed E-state index contributed by atoms with van der Waals surface area (Å²) in [4.78, 5) is 16.6. The Balaban J connectivity index is 0.00000338. The Labute approximate surface area is 178 Å². The minimum atomic E-state index is 0. The average molecular weight is 492 g/mol. The van der Waals surface area contributed by atoms with Crippen molar-refractivity contribution in [3.63, 3.8) is 0 Å². The summed E-state index contributed by atoms with van der Waals surface area (Å²) in [5, 5.41) is 13.9. The number of guanidine groups is 1. The van der Waals surface area contributed by atoms with Gasteiger partial charge in [0, 0.05) is 38.5 Å². The number of carbonyl (C=O) groups is 1. The van der Waals surface area contributed by atoms with Crippen molar-refractivity contribution in [1.29, 1.82) is 0 Å². The first-order valence-electron chi connectivity index (χ1n) is 9.50. The first kappa shape index (κ1) is 23.2. The van der Waals surface area contributed by atoms with E-state index in [9.17, 15) is 4.79 Å². The maximum atomic E-state index is 11.9. The predicted molar refractivity (Wildman–Crippen MR) is 122 cm³/mol. The van der Waals surface area contributed by atoms with Gasteiger partial charge in [0.1, 0.15) is 0 Å². The summed E-state index contributed by atoms with van der Waals surface area (Å²) in [5.41, 5.74) is 1.34. The van der Waals surface area contributed by atoms with E-state index in [2.05, 4.69) is 51.6 Å². The quantitative estimate of drug-likeness (QED) is 0.213. The highest BCUT2D eigenvalue weighted by Crippen LogP contribution is 2.27. The molecule has 5 nitrogen and oxygen atoms in total. The van der Waals surface area contributed by atoms with Crippen molar-refractivity contribution in [1.82, 2.24) is 16.0 Å². The molecule has 1 heterocycles. The van der Waals surface area contributed by atoms with Crippen molar-refractivity contribution in [2.24, 2.45) is 10.9 Å². The topological polar surface area (TPSA) is 65.5 Å². The second kappa shape index (κ2) is 13.4. The van der Waals surface area contributed by atoms with Gasteiger partial charge in [0.05, 0.1) is 0 Å². The molecule has 1 aromatic heterocycles. The third-order valence-corrected chi connectivity index (χ3v) is 5.37. The van der Waals surface area contributed by atoms with Gasteiger partial charge in [-0.2, -0.15) is 11.3 Å². The van der Waals surface area contributed by atoms with Crippen LogP contribution in [-0.2, 0) is 4.79 Å². The van der Waals surface area contributed by atoms with Crippen LogP contribution in [-0.4, -0.2) is 38.0 Å². The van der Waals surface area contributed by atoms with Gasteiger partial charge in [0.25, 0.3) is 0 Å². The van der Waals surface area contributed by atoms with Crippen LogP contribution in [0.25, 0.3) is 0 Å². The molecule has 148 valence electrons. The van der Waals surface area contributed by atoms with Gasteiger partial charge in [-0.05, 0) is 48.1 Å². The minimum Gasteiger partial charge on any atom is -0.357 e. The molecule has 1 saturated carbocycles. The molecule has 0 spiro atoms. The number of nitrogens with zero attached hydrogens (tertiary/aromatic N) is 1. The molecular formula is C19H33IN4OS. The van der Waals surface area contributed by atoms with Crippen LogP contribution >= 0.6 is 35.3 Å². The molecule has 7 heteroatoms. The molecule has 2 rings (SSSR count). The van der Waals surface area contributed by atoms with Crippen LogP contribution in [0.2, 0.25) is 0 Å². The number of carbonyl (C=O) groups excluding carboxylic acids is 1. The lowest BCUT2D eigenvalue weighted by molar-refractivity contribution is -0.121. The Hall–Kier alpha value is -0.830. The van der Waals surface area contributed by atoms with Crippen LogP contribution in [0.1, 0.15) is 57.4 Å². The van der Waals surface area contributed by atoms with Crippen LogP contribution in [0.4, 0.5) is 0 Å². The Kier molecular flexibility index (Phi) is 11.9.